The Hall–Kier alpha value is -0.500. The smallest absolute Gasteiger partial charge is 0.0533 e. The van der Waals surface area contributed by atoms with Crippen molar-refractivity contribution in [3.05, 3.63) is 30.1 Å². The maximum atomic E-state index is 4.37. The van der Waals surface area contributed by atoms with E-state index in [1.807, 2.05) is 12.3 Å². The van der Waals surface area contributed by atoms with E-state index < -0.39 is 0 Å². The van der Waals surface area contributed by atoms with Gasteiger partial charge in [0.25, 0.3) is 0 Å². The van der Waals surface area contributed by atoms with Gasteiger partial charge in [0.05, 0.1) is 5.69 Å². The van der Waals surface area contributed by atoms with Crippen molar-refractivity contribution in [3.63, 3.8) is 0 Å². The molecule has 2 heteroatoms. The van der Waals surface area contributed by atoms with Crippen LogP contribution in [0, 0.1) is 0 Å². The molecule has 0 spiro atoms. The summed E-state index contributed by atoms with van der Waals surface area (Å²) in [7, 11) is 0. The van der Waals surface area contributed by atoms with E-state index in [0.717, 1.165) is 5.25 Å². The molecule has 2 atom stereocenters. The van der Waals surface area contributed by atoms with Crippen LogP contribution in [0.2, 0.25) is 0 Å². The highest BCUT2D eigenvalue weighted by Crippen LogP contribution is 2.43. The van der Waals surface area contributed by atoms with Gasteiger partial charge in [-0.05, 0) is 25.0 Å². The highest BCUT2D eigenvalue weighted by atomic mass is 32.2. The van der Waals surface area contributed by atoms with Gasteiger partial charge in [0.1, 0.15) is 0 Å². The predicted octanol–water partition coefficient (Wildman–Crippen LogP) is 3.04. The maximum absolute atomic E-state index is 4.37. The molecule has 64 valence electrons. The molecule has 1 aliphatic rings. The fraction of sp³-hybridized carbons (Fsp3) is 0.500. The van der Waals surface area contributed by atoms with Gasteiger partial charge in [0.15, 0.2) is 0 Å². The third-order valence-corrected chi connectivity index (χ3v) is 3.76. The van der Waals surface area contributed by atoms with Crippen LogP contribution in [0.3, 0.4) is 0 Å². The number of aromatic nitrogens is 1. The largest absolute Gasteiger partial charge is 0.260 e. The molecule has 2 rings (SSSR count). The molecule has 2 heterocycles. The van der Waals surface area contributed by atoms with Crippen molar-refractivity contribution in [2.45, 2.75) is 30.3 Å². The first-order chi connectivity index (χ1) is 5.86. The van der Waals surface area contributed by atoms with Crippen LogP contribution in [0.5, 0.6) is 0 Å². The van der Waals surface area contributed by atoms with Crippen molar-refractivity contribution in [2.75, 3.05) is 0 Å². The summed E-state index contributed by atoms with van der Waals surface area (Å²) in [6, 6.07) is 6.19. The van der Waals surface area contributed by atoms with Gasteiger partial charge in [-0.25, -0.2) is 0 Å². The molecule has 1 fully saturated rings. The zero-order chi connectivity index (χ0) is 8.39. The summed E-state index contributed by atoms with van der Waals surface area (Å²) >= 11 is 2.06. The van der Waals surface area contributed by atoms with Crippen LogP contribution in [0.15, 0.2) is 24.4 Å². The van der Waals surface area contributed by atoms with Gasteiger partial charge in [-0.3, -0.25) is 4.98 Å². The fourth-order valence-corrected chi connectivity index (χ4v) is 2.97. The lowest BCUT2D eigenvalue weighted by Crippen LogP contribution is -1.91. The molecule has 12 heavy (non-hydrogen) atoms. The number of hydrogen-bond acceptors (Lipinski definition) is 2. The molecule has 0 amide bonds. The Balaban J connectivity index is 2.11. The van der Waals surface area contributed by atoms with Crippen molar-refractivity contribution in [1.82, 2.24) is 4.98 Å². The Labute approximate surface area is 77.6 Å². The van der Waals surface area contributed by atoms with Crippen molar-refractivity contribution < 1.29 is 0 Å². The minimum absolute atomic E-state index is 0.654. The van der Waals surface area contributed by atoms with E-state index in [-0.39, 0.29) is 0 Å². The zero-order valence-electron chi connectivity index (χ0n) is 7.23. The molecule has 0 radical (unpaired) electrons. The van der Waals surface area contributed by atoms with E-state index >= 15 is 0 Å². The average molecular weight is 179 g/mol. The van der Waals surface area contributed by atoms with Crippen molar-refractivity contribution in [1.29, 1.82) is 0 Å². The minimum Gasteiger partial charge on any atom is -0.260 e. The lowest BCUT2D eigenvalue weighted by Gasteiger charge is -2.07. The first-order valence-electron chi connectivity index (χ1n) is 4.42. The summed E-state index contributed by atoms with van der Waals surface area (Å²) in [5, 5.41) is 1.47. The number of nitrogens with zero attached hydrogens (tertiary/aromatic N) is 1. The number of hydrogen-bond donors (Lipinski definition) is 0. The Bertz CT molecular complexity index is 247. The molecule has 1 saturated heterocycles. The Kier molecular flexibility index (Phi) is 2.35. The monoisotopic (exact) mass is 179 g/mol. The SMILES string of the molecule is CC1CCC(c2ccccn2)S1. The third-order valence-electron chi connectivity index (χ3n) is 2.25. The molecule has 0 bridgehead atoms. The molecular weight excluding hydrogens is 166 g/mol. The number of rotatable bonds is 1. The van der Waals surface area contributed by atoms with Gasteiger partial charge in [0.2, 0.25) is 0 Å². The highest BCUT2D eigenvalue weighted by Gasteiger charge is 2.23. The molecule has 1 aromatic rings. The van der Waals surface area contributed by atoms with Gasteiger partial charge in [0, 0.05) is 16.7 Å². The van der Waals surface area contributed by atoms with Crippen LogP contribution in [0.25, 0.3) is 0 Å². The van der Waals surface area contributed by atoms with Crippen LogP contribution < -0.4 is 0 Å². The first-order valence-corrected chi connectivity index (χ1v) is 5.37. The molecule has 2 unspecified atom stereocenters. The van der Waals surface area contributed by atoms with Crippen LogP contribution in [-0.4, -0.2) is 10.2 Å². The fourth-order valence-electron chi connectivity index (χ4n) is 1.59. The van der Waals surface area contributed by atoms with E-state index in [1.54, 1.807) is 0 Å². The summed E-state index contributed by atoms with van der Waals surface area (Å²) in [4.78, 5) is 4.37. The summed E-state index contributed by atoms with van der Waals surface area (Å²) < 4.78 is 0. The normalized spacial score (nSPS) is 29.1. The van der Waals surface area contributed by atoms with Crippen molar-refractivity contribution in [2.24, 2.45) is 0 Å². The Morgan fingerprint density at radius 2 is 2.33 bits per heavy atom. The molecule has 0 saturated carbocycles. The molecule has 1 aromatic heterocycles. The lowest BCUT2D eigenvalue weighted by atomic mass is 10.1. The first kappa shape index (κ1) is 8.11. The number of pyridine rings is 1. The van der Waals surface area contributed by atoms with E-state index in [9.17, 15) is 0 Å². The predicted molar refractivity (Wildman–Crippen MR) is 53.3 cm³/mol. The van der Waals surface area contributed by atoms with Crippen molar-refractivity contribution in [3.8, 4) is 0 Å². The summed E-state index contributed by atoms with van der Waals surface area (Å²) in [6.45, 7) is 2.30. The van der Waals surface area contributed by atoms with Crippen molar-refractivity contribution >= 4 is 11.8 Å². The topological polar surface area (TPSA) is 12.9 Å². The summed E-state index contributed by atoms with van der Waals surface area (Å²) in [5.74, 6) is 0. The van der Waals surface area contributed by atoms with E-state index in [0.29, 0.717) is 5.25 Å². The quantitative estimate of drug-likeness (QED) is 0.657. The minimum atomic E-state index is 0.654. The van der Waals surface area contributed by atoms with E-state index in [2.05, 4.69) is 35.8 Å². The lowest BCUT2D eigenvalue weighted by molar-refractivity contribution is 0.758. The van der Waals surface area contributed by atoms with Gasteiger partial charge < -0.3 is 0 Å². The van der Waals surface area contributed by atoms with Gasteiger partial charge in [-0.2, -0.15) is 0 Å². The van der Waals surface area contributed by atoms with Crippen LogP contribution in [0.4, 0.5) is 0 Å². The molecule has 0 aromatic carbocycles. The number of thioether (sulfide) groups is 1. The average Bonchev–Trinajstić information content (AvgIpc) is 2.54. The van der Waals surface area contributed by atoms with Gasteiger partial charge in [-0.15, -0.1) is 11.8 Å². The van der Waals surface area contributed by atoms with E-state index in [1.165, 1.54) is 18.5 Å². The molecule has 0 aliphatic carbocycles. The van der Waals surface area contributed by atoms with Crippen LogP contribution >= 0.6 is 11.8 Å². The summed E-state index contributed by atoms with van der Waals surface area (Å²) in [5.41, 5.74) is 1.26. The third kappa shape index (κ3) is 1.63. The van der Waals surface area contributed by atoms with E-state index in [4.69, 9.17) is 0 Å². The molecule has 1 nitrogen and oxygen atoms in total. The second-order valence-corrected chi connectivity index (χ2v) is 4.91. The van der Waals surface area contributed by atoms with Crippen LogP contribution in [0.1, 0.15) is 30.7 Å². The molecular formula is C10H13NS. The summed E-state index contributed by atoms with van der Waals surface area (Å²) in [6.07, 6.45) is 4.52. The standard InChI is InChI=1S/C10H13NS/c1-8-5-6-10(12-8)9-4-2-3-7-11-9/h2-4,7-8,10H,5-6H2,1H3. The Morgan fingerprint density at radius 3 is 2.92 bits per heavy atom. The van der Waals surface area contributed by atoms with Gasteiger partial charge >= 0.3 is 0 Å². The highest BCUT2D eigenvalue weighted by molar-refractivity contribution is 8.00. The molecule has 1 aliphatic heterocycles. The Morgan fingerprint density at radius 1 is 1.42 bits per heavy atom. The zero-order valence-corrected chi connectivity index (χ0v) is 8.05. The molecule has 0 N–H and O–H groups in total. The van der Waals surface area contributed by atoms with Crippen LogP contribution in [-0.2, 0) is 0 Å². The maximum Gasteiger partial charge on any atom is 0.0533 e. The second kappa shape index (κ2) is 3.48. The van der Waals surface area contributed by atoms with Gasteiger partial charge in [-0.1, -0.05) is 13.0 Å². The second-order valence-electron chi connectivity index (χ2n) is 3.27.